The first-order valence-corrected chi connectivity index (χ1v) is 7.74. The Labute approximate surface area is 135 Å². The quantitative estimate of drug-likeness (QED) is 0.750. The number of carbonyl (C=O) groups excluding carboxylic acids is 4. The summed E-state index contributed by atoms with van der Waals surface area (Å²) < 4.78 is 13.4. The minimum atomic E-state index is -0.915. The second kappa shape index (κ2) is 7.73. The summed E-state index contributed by atoms with van der Waals surface area (Å²) in [6.07, 6.45) is 0. The van der Waals surface area contributed by atoms with Crippen molar-refractivity contribution in [2.24, 2.45) is 0 Å². The van der Waals surface area contributed by atoms with Crippen molar-refractivity contribution in [2.45, 2.75) is 6.54 Å². The Hall–Kier alpha value is -2.42. The van der Waals surface area contributed by atoms with Gasteiger partial charge in [-0.05, 0) is 6.07 Å². The highest BCUT2D eigenvalue weighted by atomic mass is 32.2. The van der Waals surface area contributed by atoms with E-state index in [-0.39, 0.29) is 42.1 Å². The van der Waals surface area contributed by atoms with E-state index < -0.39 is 17.6 Å². The van der Waals surface area contributed by atoms with Crippen molar-refractivity contribution in [2.75, 3.05) is 18.8 Å². The highest BCUT2D eigenvalue weighted by Gasteiger charge is 2.29. The average Bonchev–Trinajstić information content (AvgIpc) is 2.85. The molecule has 1 aromatic rings. The van der Waals surface area contributed by atoms with Crippen LogP contribution in [0.2, 0.25) is 0 Å². The molecule has 0 unspecified atom stereocenters. The van der Waals surface area contributed by atoms with Crippen LogP contribution < -0.4 is 10.6 Å². The van der Waals surface area contributed by atoms with Gasteiger partial charge in [0.25, 0.3) is 5.24 Å². The van der Waals surface area contributed by atoms with E-state index in [1.54, 1.807) is 6.07 Å². The SMILES string of the molecule is O=C(NCCN1C(=O)CSC1=O)C(=O)NCc1ccccc1F. The third kappa shape index (κ3) is 4.52. The fourth-order valence-electron chi connectivity index (χ4n) is 1.86. The molecule has 1 aliphatic rings. The Balaban J connectivity index is 1.73. The van der Waals surface area contributed by atoms with Crippen molar-refractivity contribution in [3.8, 4) is 0 Å². The predicted octanol–water partition coefficient (Wildman–Crippen LogP) is 0.254. The fraction of sp³-hybridized carbons (Fsp3) is 0.286. The molecule has 1 fully saturated rings. The fourth-order valence-corrected chi connectivity index (χ4v) is 2.61. The monoisotopic (exact) mass is 339 g/mol. The van der Waals surface area contributed by atoms with Crippen molar-refractivity contribution in [3.63, 3.8) is 0 Å². The third-order valence-electron chi connectivity index (χ3n) is 3.06. The van der Waals surface area contributed by atoms with Crippen LogP contribution in [0, 0.1) is 5.82 Å². The molecule has 1 saturated heterocycles. The van der Waals surface area contributed by atoms with Gasteiger partial charge < -0.3 is 10.6 Å². The van der Waals surface area contributed by atoms with Gasteiger partial charge in [-0.15, -0.1) is 0 Å². The summed E-state index contributed by atoms with van der Waals surface area (Å²) in [5.74, 6) is -2.53. The number of rotatable bonds is 5. The molecule has 0 spiro atoms. The zero-order valence-electron chi connectivity index (χ0n) is 12.0. The first kappa shape index (κ1) is 16.9. The molecule has 2 rings (SSSR count). The lowest BCUT2D eigenvalue weighted by molar-refractivity contribution is -0.139. The van der Waals surface area contributed by atoms with Crippen LogP contribution in [0.15, 0.2) is 24.3 Å². The Bertz CT molecular complexity index is 637. The second-order valence-electron chi connectivity index (χ2n) is 4.63. The molecule has 1 aliphatic heterocycles. The molecule has 4 amide bonds. The highest BCUT2D eigenvalue weighted by Crippen LogP contribution is 2.17. The Morgan fingerprint density at radius 3 is 2.52 bits per heavy atom. The first-order chi connectivity index (χ1) is 11.0. The van der Waals surface area contributed by atoms with Crippen LogP contribution in [-0.4, -0.2) is 46.7 Å². The van der Waals surface area contributed by atoms with Gasteiger partial charge >= 0.3 is 11.8 Å². The van der Waals surface area contributed by atoms with Crippen LogP contribution in [0.4, 0.5) is 9.18 Å². The van der Waals surface area contributed by atoms with Crippen LogP contribution in [0.25, 0.3) is 0 Å². The summed E-state index contributed by atoms with van der Waals surface area (Å²) in [6, 6.07) is 5.89. The van der Waals surface area contributed by atoms with E-state index >= 15 is 0 Å². The number of amides is 4. The van der Waals surface area contributed by atoms with E-state index in [0.717, 1.165) is 16.7 Å². The Kier molecular flexibility index (Phi) is 5.69. The molecule has 2 N–H and O–H groups in total. The van der Waals surface area contributed by atoms with Crippen molar-refractivity contribution >= 4 is 34.7 Å². The lowest BCUT2D eigenvalue weighted by atomic mass is 10.2. The molecule has 9 heteroatoms. The minimum Gasteiger partial charge on any atom is -0.346 e. The number of carbonyl (C=O) groups is 4. The molecule has 1 aromatic carbocycles. The zero-order chi connectivity index (χ0) is 16.8. The van der Waals surface area contributed by atoms with Gasteiger partial charge in [-0.2, -0.15) is 0 Å². The Morgan fingerprint density at radius 1 is 1.17 bits per heavy atom. The summed E-state index contributed by atoms with van der Waals surface area (Å²) >= 11 is 0.896. The molecule has 0 atom stereocenters. The molecule has 7 nitrogen and oxygen atoms in total. The van der Waals surface area contributed by atoms with Crippen LogP contribution in [0.3, 0.4) is 0 Å². The van der Waals surface area contributed by atoms with Gasteiger partial charge in [0.15, 0.2) is 0 Å². The Morgan fingerprint density at radius 2 is 1.87 bits per heavy atom. The van der Waals surface area contributed by atoms with Crippen LogP contribution in [-0.2, 0) is 20.9 Å². The number of nitrogens with zero attached hydrogens (tertiary/aromatic N) is 1. The van der Waals surface area contributed by atoms with Crippen LogP contribution in [0.5, 0.6) is 0 Å². The van der Waals surface area contributed by atoms with Crippen molar-refractivity contribution < 1.29 is 23.6 Å². The van der Waals surface area contributed by atoms with Gasteiger partial charge in [0.2, 0.25) is 5.91 Å². The average molecular weight is 339 g/mol. The topological polar surface area (TPSA) is 95.6 Å². The number of hydrogen-bond acceptors (Lipinski definition) is 5. The van der Waals surface area contributed by atoms with Gasteiger partial charge in [0.1, 0.15) is 5.82 Å². The number of benzene rings is 1. The van der Waals surface area contributed by atoms with Crippen LogP contribution in [0.1, 0.15) is 5.56 Å². The van der Waals surface area contributed by atoms with Crippen molar-refractivity contribution in [1.29, 1.82) is 0 Å². The van der Waals surface area contributed by atoms with E-state index in [9.17, 15) is 23.6 Å². The minimum absolute atomic E-state index is 0.0109. The third-order valence-corrected chi connectivity index (χ3v) is 3.92. The molecule has 0 aliphatic carbocycles. The normalized spacial score (nSPS) is 14.0. The number of thioether (sulfide) groups is 1. The number of imide groups is 1. The molecule has 122 valence electrons. The molecule has 23 heavy (non-hydrogen) atoms. The number of halogens is 1. The molecular formula is C14H14FN3O4S. The standard InChI is InChI=1S/C14H14FN3O4S/c15-10-4-2-1-3-9(10)7-17-13(21)12(20)16-5-6-18-11(19)8-23-14(18)22/h1-4H,5-8H2,(H,16,20)(H,17,21). The number of nitrogens with one attached hydrogen (secondary N) is 2. The van der Waals surface area contributed by atoms with Gasteiger partial charge in [0.05, 0.1) is 5.75 Å². The smallest absolute Gasteiger partial charge is 0.309 e. The van der Waals surface area contributed by atoms with E-state index in [2.05, 4.69) is 10.6 Å². The summed E-state index contributed by atoms with van der Waals surface area (Å²) in [4.78, 5) is 46.8. The summed E-state index contributed by atoms with van der Waals surface area (Å²) in [5.41, 5.74) is 0.263. The molecule has 1 heterocycles. The maximum absolute atomic E-state index is 13.4. The van der Waals surface area contributed by atoms with Gasteiger partial charge in [0, 0.05) is 25.2 Å². The maximum atomic E-state index is 13.4. The second-order valence-corrected chi connectivity index (χ2v) is 5.56. The first-order valence-electron chi connectivity index (χ1n) is 6.75. The van der Waals surface area contributed by atoms with Gasteiger partial charge in [-0.1, -0.05) is 30.0 Å². The summed E-state index contributed by atoms with van der Waals surface area (Å²) in [5, 5.41) is 4.23. The molecule has 0 bridgehead atoms. The highest BCUT2D eigenvalue weighted by molar-refractivity contribution is 8.14. The molecule has 0 aromatic heterocycles. The summed E-state index contributed by atoms with van der Waals surface area (Å²) in [7, 11) is 0. The van der Waals surface area contributed by atoms with Crippen molar-refractivity contribution in [1.82, 2.24) is 15.5 Å². The largest absolute Gasteiger partial charge is 0.346 e. The van der Waals surface area contributed by atoms with Crippen molar-refractivity contribution in [3.05, 3.63) is 35.6 Å². The number of hydrogen-bond donors (Lipinski definition) is 2. The lowest BCUT2D eigenvalue weighted by Gasteiger charge is -2.13. The van der Waals surface area contributed by atoms with E-state index in [1.807, 2.05) is 0 Å². The van der Waals surface area contributed by atoms with Crippen LogP contribution >= 0.6 is 11.8 Å². The summed E-state index contributed by atoms with van der Waals surface area (Å²) in [6.45, 7) is -0.125. The van der Waals surface area contributed by atoms with E-state index in [1.165, 1.54) is 18.2 Å². The van der Waals surface area contributed by atoms with Gasteiger partial charge in [-0.25, -0.2) is 4.39 Å². The zero-order valence-corrected chi connectivity index (χ0v) is 12.8. The maximum Gasteiger partial charge on any atom is 0.309 e. The van der Waals surface area contributed by atoms with Gasteiger partial charge in [-0.3, -0.25) is 24.1 Å². The van der Waals surface area contributed by atoms with E-state index in [4.69, 9.17) is 0 Å². The molecular weight excluding hydrogens is 325 g/mol. The molecule has 0 saturated carbocycles. The molecule has 0 radical (unpaired) electrons. The predicted molar refractivity (Wildman–Crippen MR) is 80.8 cm³/mol. The lowest BCUT2D eigenvalue weighted by Crippen LogP contribution is -2.43. The van der Waals surface area contributed by atoms with E-state index in [0.29, 0.717) is 0 Å².